The molecule has 0 aliphatic rings. The molecule has 112 valence electrons. The molecule has 5 heteroatoms. The summed E-state index contributed by atoms with van der Waals surface area (Å²) in [5, 5.41) is 3.42. The van der Waals surface area contributed by atoms with Crippen LogP contribution in [-0.4, -0.2) is 18.6 Å². The molecule has 0 fully saturated rings. The van der Waals surface area contributed by atoms with E-state index < -0.39 is 12.0 Å². The van der Waals surface area contributed by atoms with Crippen molar-refractivity contribution in [2.75, 3.05) is 6.54 Å². The molecule has 3 N–H and O–H groups in total. The molecule has 1 rings (SSSR count). The van der Waals surface area contributed by atoms with Crippen molar-refractivity contribution >= 4 is 21.8 Å². The fraction of sp³-hybridized carbons (Fsp3) is 0.533. The summed E-state index contributed by atoms with van der Waals surface area (Å²) in [5.41, 5.74) is 6.36. The Balaban J connectivity index is 2.97. The normalized spacial score (nSPS) is 13.8. The van der Waals surface area contributed by atoms with Crippen molar-refractivity contribution in [2.24, 2.45) is 5.73 Å². The number of hydrogen-bond acceptors (Lipinski definition) is 3. The van der Waals surface area contributed by atoms with Crippen LogP contribution in [0.25, 0.3) is 0 Å². The van der Waals surface area contributed by atoms with Crippen LogP contribution in [0, 0.1) is 0 Å². The Kier molecular flexibility index (Phi) is 7.02. The first-order valence-corrected chi connectivity index (χ1v) is 7.77. The number of carbonyl (C=O) groups is 1. The van der Waals surface area contributed by atoms with Crippen molar-refractivity contribution in [3.63, 3.8) is 0 Å². The zero-order chi connectivity index (χ0) is 15.1. The van der Waals surface area contributed by atoms with Gasteiger partial charge in [0.25, 0.3) is 5.91 Å². The molecular weight excluding hydrogens is 320 g/mol. The number of amides is 1. The largest absolute Gasteiger partial charge is 0.480 e. The van der Waals surface area contributed by atoms with Crippen LogP contribution in [0.2, 0.25) is 0 Å². The van der Waals surface area contributed by atoms with Crippen molar-refractivity contribution in [3.8, 4) is 5.75 Å². The quantitative estimate of drug-likeness (QED) is 0.762. The summed E-state index contributed by atoms with van der Waals surface area (Å²) in [6.45, 7) is 7.01. The van der Waals surface area contributed by atoms with E-state index in [1.165, 1.54) is 0 Å². The lowest BCUT2D eigenvalue weighted by atomic mass is 10.1. The highest BCUT2D eigenvalue weighted by molar-refractivity contribution is 9.10. The topological polar surface area (TPSA) is 64.3 Å². The van der Waals surface area contributed by atoms with Gasteiger partial charge in [-0.05, 0) is 44.5 Å². The zero-order valence-electron chi connectivity index (χ0n) is 12.3. The first-order valence-electron chi connectivity index (χ1n) is 6.98. The lowest BCUT2D eigenvalue weighted by Gasteiger charge is -2.21. The van der Waals surface area contributed by atoms with Gasteiger partial charge in [0.1, 0.15) is 5.75 Å². The second kappa shape index (κ2) is 8.27. The predicted molar refractivity (Wildman–Crippen MR) is 84.8 cm³/mol. The Morgan fingerprint density at radius 1 is 1.45 bits per heavy atom. The van der Waals surface area contributed by atoms with Crippen LogP contribution in [0.4, 0.5) is 0 Å². The molecule has 1 aromatic carbocycles. The standard InChI is InChI=1S/C15H23BrN2O2/c1-4-8-18-10(3)12-9-11(16)6-7-14(12)20-13(5-2)15(17)19/h6-7,9-10,13,18H,4-5,8H2,1-3H3,(H2,17,19). The van der Waals surface area contributed by atoms with Crippen LogP contribution >= 0.6 is 15.9 Å². The average Bonchev–Trinajstić information content (AvgIpc) is 2.42. The second-order valence-corrected chi connectivity index (χ2v) is 5.69. The van der Waals surface area contributed by atoms with Gasteiger partial charge in [-0.1, -0.05) is 29.8 Å². The summed E-state index contributed by atoms with van der Waals surface area (Å²) in [5.74, 6) is 0.269. The number of ether oxygens (including phenoxy) is 1. The summed E-state index contributed by atoms with van der Waals surface area (Å²) in [6, 6.07) is 5.93. The minimum Gasteiger partial charge on any atom is -0.480 e. The van der Waals surface area contributed by atoms with Crippen molar-refractivity contribution < 1.29 is 9.53 Å². The third-order valence-corrected chi connectivity index (χ3v) is 3.59. The summed E-state index contributed by atoms with van der Waals surface area (Å²) in [6.07, 6.45) is 1.03. The van der Waals surface area contributed by atoms with E-state index in [1.807, 2.05) is 25.1 Å². The van der Waals surface area contributed by atoms with Crippen molar-refractivity contribution in [1.29, 1.82) is 0 Å². The molecule has 1 aromatic rings. The Labute approximate surface area is 129 Å². The van der Waals surface area contributed by atoms with Crippen LogP contribution in [0.5, 0.6) is 5.75 Å². The van der Waals surface area contributed by atoms with E-state index in [2.05, 4.69) is 35.1 Å². The second-order valence-electron chi connectivity index (χ2n) is 4.78. The van der Waals surface area contributed by atoms with Crippen molar-refractivity contribution in [1.82, 2.24) is 5.32 Å². The van der Waals surface area contributed by atoms with E-state index in [0.29, 0.717) is 12.2 Å². The molecule has 0 saturated carbocycles. The van der Waals surface area contributed by atoms with Gasteiger partial charge in [-0.15, -0.1) is 0 Å². The molecule has 0 saturated heterocycles. The Hall–Kier alpha value is -1.07. The van der Waals surface area contributed by atoms with E-state index >= 15 is 0 Å². The van der Waals surface area contributed by atoms with E-state index in [1.54, 1.807) is 0 Å². The SMILES string of the molecule is CCCNC(C)c1cc(Br)ccc1OC(CC)C(N)=O. The first kappa shape index (κ1) is 17.0. The molecule has 0 spiro atoms. The van der Waals surface area contributed by atoms with Gasteiger partial charge in [0, 0.05) is 16.1 Å². The lowest BCUT2D eigenvalue weighted by Crippen LogP contribution is -2.33. The maximum absolute atomic E-state index is 11.3. The lowest BCUT2D eigenvalue weighted by molar-refractivity contribution is -0.124. The van der Waals surface area contributed by atoms with Gasteiger partial charge in [0.15, 0.2) is 6.10 Å². The first-order chi connectivity index (χ1) is 9.49. The number of primary amides is 1. The molecule has 20 heavy (non-hydrogen) atoms. The minimum atomic E-state index is -0.590. The number of nitrogens with two attached hydrogens (primary N) is 1. The van der Waals surface area contributed by atoms with Crippen molar-refractivity contribution in [3.05, 3.63) is 28.2 Å². The summed E-state index contributed by atoms with van der Waals surface area (Å²) in [7, 11) is 0. The van der Waals surface area contributed by atoms with Crippen LogP contribution < -0.4 is 15.8 Å². The summed E-state index contributed by atoms with van der Waals surface area (Å²) in [4.78, 5) is 11.3. The van der Waals surface area contributed by atoms with Gasteiger partial charge in [-0.3, -0.25) is 4.79 Å². The number of rotatable bonds is 8. The van der Waals surface area contributed by atoms with Gasteiger partial charge in [-0.25, -0.2) is 0 Å². The predicted octanol–water partition coefficient (Wildman–Crippen LogP) is 3.15. The van der Waals surface area contributed by atoms with Gasteiger partial charge >= 0.3 is 0 Å². The van der Waals surface area contributed by atoms with E-state index in [0.717, 1.165) is 23.0 Å². The molecule has 4 nitrogen and oxygen atoms in total. The molecule has 0 heterocycles. The average molecular weight is 343 g/mol. The highest BCUT2D eigenvalue weighted by Gasteiger charge is 2.18. The maximum atomic E-state index is 11.3. The third kappa shape index (κ3) is 4.80. The van der Waals surface area contributed by atoms with Gasteiger partial charge in [-0.2, -0.15) is 0 Å². The monoisotopic (exact) mass is 342 g/mol. The smallest absolute Gasteiger partial charge is 0.258 e. The zero-order valence-corrected chi connectivity index (χ0v) is 13.9. The van der Waals surface area contributed by atoms with Crippen LogP contribution in [0.1, 0.15) is 45.2 Å². The molecular formula is C15H23BrN2O2. The molecule has 0 aliphatic heterocycles. The minimum absolute atomic E-state index is 0.146. The van der Waals surface area contributed by atoms with Crippen LogP contribution in [0.15, 0.2) is 22.7 Å². The van der Waals surface area contributed by atoms with Gasteiger partial charge in [0.2, 0.25) is 0 Å². The molecule has 0 radical (unpaired) electrons. The Bertz CT molecular complexity index is 451. The number of hydrogen-bond donors (Lipinski definition) is 2. The highest BCUT2D eigenvalue weighted by Crippen LogP contribution is 2.29. The molecule has 2 atom stereocenters. The highest BCUT2D eigenvalue weighted by atomic mass is 79.9. The Morgan fingerprint density at radius 2 is 2.15 bits per heavy atom. The van der Waals surface area contributed by atoms with E-state index in [9.17, 15) is 4.79 Å². The fourth-order valence-electron chi connectivity index (χ4n) is 1.93. The number of benzene rings is 1. The van der Waals surface area contributed by atoms with Crippen LogP contribution in [0.3, 0.4) is 0 Å². The van der Waals surface area contributed by atoms with E-state index in [4.69, 9.17) is 10.5 Å². The number of carbonyl (C=O) groups excluding carboxylic acids is 1. The molecule has 0 aliphatic carbocycles. The fourth-order valence-corrected chi connectivity index (χ4v) is 2.31. The molecule has 0 aromatic heterocycles. The van der Waals surface area contributed by atoms with Crippen LogP contribution in [-0.2, 0) is 4.79 Å². The number of halogens is 1. The van der Waals surface area contributed by atoms with E-state index in [-0.39, 0.29) is 6.04 Å². The summed E-state index contributed by atoms with van der Waals surface area (Å²) < 4.78 is 6.76. The van der Waals surface area contributed by atoms with Gasteiger partial charge < -0.3 is 15.8 Å². The number of nitrogens with one attached hydrogen (secondary N) is 1. The molecule has 0 bridgehead atoms. The Morgan fingerprint density at radius 3 is 2.70 bits per heavy atom. The summed E-state index contributed by atoms with van der Waals surface area (Å²) >= 11 is 3.47. The van der Waals surface area contributed by atoms with Gasteiger partial charge in [0.05, 0.1) is 0 Å². The molecule has 2 unspecified atom stereocenters. The molecule has 1 amide bonds. The third-order valence-electron chi connectivity index (χ3n) is 3.10. The maximum Gasteiger partial charge on any atom is 0.258 e. The van der Waals surface area contributed by atoms with Crippen molar-refractivity contribution in [2.45, 2.75) is 45.8 Å².